The second-order valence-corrected chi connectivity index (χ2v) is 6.82. The number of rotatable bonds is 6. The maximum Gasteiger partial charge on any atom is 0.244 e. The van der Waals surface area contributed by atoms with Crippen LogP contribution in [0.25, 0.3) is 0 Å². The largest absolute Gasteiger partial charge is 0.353 e. The lowest BCUT2D eigenvalue weighted by Gasteiger charge is -2.34. The molecule has 0 radical (unpaired) electrons. The van der Waals surface area contributed by atoms with Crippen LogP contribution in [-0.2, 0) is 6.42 Å². The molecule has 1 aliphatic heterocycles. The highest BCUT2D eigenvalue weighted by atomic mass is 35.5. The molecule has 6 nitrogen and oxygen atoms in total. The predicted molar refractivity (Wildman–Crippen MR) is 103 cm³/mol. The molecule has 8 heteroatoms. The van der Waals surface area contributed by atoms with Gasteiger partial charge in [0, 0.05) is 42.8 Å². The molecule has 134 valence electrons. The van der Waals surface area contributed by atoms with Crippen molar-refractivity contribution in [1.82, 2.24) is 20.1 Å². The molecule has 2 heterocycles. The number of benzene rings is 1. The molecule has 0 amide bonds. The van der Waals surface area contributed by atoms with Gasteiger partial charge in [0.05, 0.1) is 6.20 Å². The summed E-state index contributed by atoms with van der Waals surface area (Å²) < 4.78 is 0. The van der Waals surface area contributed by atoms with Crippen LogP contribution < -0.4 is 10.2 Å². The highest BCUT2D eigenvalue weighted by Gasteiger charge is 2.17. The van der Waals surface area contributed by atoms with E-state index in [0.29, 0.717) is 22.5 Å². The summed E-state index contributed by atoms with van der Waals surface area (Å²) in [5, 5.41) is 12.7. The fourth-order valence-electron chi connectivity index (χ4n) is 2.85. The molecule has 0 bridgehead atoms. The van der Waals surface area contributed by atoms with Gasteiger partial charge in [-0.2, -0.15) is 10.1 Å². The summed E-state index contributed by atoms with van der Waals surface area (Å²) in [7, 11) is 0. The number of hydrogen-bond donors (Lipinski definition) is 1. The Morgan fingerprint density at radius 3 is 2.68 bits per heavy atom. The van der Waals surface area contributed by atoms with Gasteiger partial charge in [0.15, 0.2) is 5.82 Å². The third-order valence-electron chi connectivity index (χ3n) is 4.38. The first-order valence-corrected chi connectivity index (χ1v) is 9.26. The van der Waals surface area contributed by atoms with Crippen LogP contribution in [0.3, 0.4) is 0 Å². The van der Waals surface area contributed by atoms with E-state index < -0.39 is 0 Å². The molecule has 0 saturated carbocycles. The maximum atomic E-state index is 6.20. The Labute approximate surface area is 158 Å². The van der Waals surface area contributed by atoms with Gasteiger partial charge in [-0.1, -0.05) is 36.2 Å². The van der Waals surface area contributed by atoms with Crippen molar-refractivity contribution < 1.29 is 0 Å². The zero-order valence-electron chi connectivity index (χ0n) is 14.3. The topological polar surface area (TPSA) is 57.2 Å². The molecule has 1 N–H and O–H groups in total. The Kier molecular flexibility index (Phi) is 6.29. The van der Waals surface area contributed by atoms with E-state index in [4.69, 9.17) is 23.2 Å². The number of nitrogens with zero attached hydrogens (tertiary/aromatic N) is 5. The highest BCUT2D eigenvalue weighted by Crippen LogP contribution is 2.21. The Balaban J connectivity index is 1.55. The highest BCUT2D eigenvalue weighted by molar-refractivity contribution is 6.35. The van der Waals surface area contributed by atoms with Crippen LogP contribution in [0.1, 0.15) is 12.5 Å². The van der Waals surface area contributed by atoms with Crippen molar-refractivity contribution in [2.75, 3.05) is 49.5 Å². The Morgan fingerprint density at radius 2 is 1.96 bits per heavy atom. The zero-order chi connectivity index (χ0) is 17.6. The van der Waals surface area contributed by atoms with E-state index in [0.717, 1.165) is 50.5 Å². The van der Waals surface area contributed by atoms with Crippen LogP contribution in [0.5, 0.6) is 0 Å². The summed E-state index contributed by atoms with van der Waals surface area (Å²) in [4.78, 5) is 9.27. The smallest absolute Gasteiger partial charge is 0.244 e. The normalized spacial score (nSPS) is 15.4. The summed E-state index contributed by atoms with van der Waals surface area (Å²) in [5.74, 6) is 1.42. The van der Waals surface area contributed by atoms with Crippen molar-refractivity contribution in [3.63, 3.8) is 0 Å². The van der Waals surface area contributed by atoms with Crippen LogP contribution >= 0.6 is 23.2 Å². The van der Waals surface area contributed by atoms with Gasteiger partial charge < -0.3 is 15.1 Å². The van der Waals surface area contributed by atoms with Gasteiger partial charge in [0.25, 0.3) is 0 Å². The van der Waals surface area contributed by atoms with Crippen LogP contribution in [0.2, 0.25) is 10.0 Å². The molecular formula is C17H22Cl2N6. The maximum absolute atomic E-state index is 6.20. The molecule has 25 heavy (non-hydrogen) atoms. The average molecular weight is 381 g/mol. The first-order valence-electron chi connectivity index (χ1n) is 8.50. The summed E-state index contributed by atoms with van der Waals surface area (Å²) in [6.45, 7) is 8.00. The number of hydrogen-bond acceptors (Lipinski definition) is 6. The number of nitrogens with one attached hydrogen (secondary N) is 1. The van der Waals surface area contributed by atoms with Gasteiger partial charge in [-0.3, -0.25) is 0 Å². The third-order valence-corrected chi connectivity index (χ3v) is 4.97. The minimum atomic E-state index is 0.542. The Hall–Kier alpha value is -1.63. The number of piperazine rings is 1. The lowest BCUT2D eigenvalue weighted by molar-refractivity contribution is 0.270. The summed E-state index contributed by atoms with van der Waals surface area (Å²) in [5.41, 5.74) is 1.04. The van der Waals surface area contributed by atoms with E-state index in [1.54, 1.807) is 12.3 Å². The van der Waals surface area contributed by atoms with E-state index in [2.05, 4.69) is 37.2 Å². The fraction of sp³-hybridized carbons (Fsp3) is 0.471. The van der Waals surface area contributed by atoms with Gasteiger partial charge in [-0.25, -0.2) is 0 Å². The minimum Gasteiger partial charge on any atom is -0.353 e. The number of halogens is 2. The molecule has 1 aromatic heterocycles. The lowest BCUT2D eigenvalue weighted by Crippen LogP contribution is -2.46. The van der Waals surface area contributed by atoms with E-state index in [1.807, 2.05) is 12.1 Å². The first kappa shape index (κ1) is 18.2. The monoisotopic (exact) mass is 380 g/mol. The minimum absolute atomic E-state index is 0.542. The average Bonchev–Trinajstić information content (AvgIpc) is 2.64. The molecular weight excluding hydrogens is 359 g/mol. The van der Waals surface area contributed by atoms with Gasteiger partial charge in [0.2, 0.25) is 5.95 Å². The van der Waals surface area contributed by atoms with Gasteiger partial charge >= 0.3 is 0 Å². The van der Waals surface area contributed by atoms with Gasteiger partial charge in [0.1, 0.15) is 0 Å². The standard InChI is InChI=1S/C17H22Cl2N6/c1-2-24-7-9-25(10-8-24)16-12-21-23-17(22-16)20-6-5-13-3-4-14(18)11-15(13)19/h3-4,11-12H,2,5-10H2,1H3,(H,20,22,23). The number of aromatic nitrogens is 3. The molecule has 0 atom stereocenters. The van der Waals surface area contributed by atoms with Crippen molar-refractivity contribution in [3.05, 3.63) is 40.0 Å². The summed E-state index contributed by atoms with van der Waals surface area (Å²) in [6.07, 6.45) is 2.49. The van der Waals surface area contributed by atoms with Crippen molar-refractivity contribution in [1.29, 1.82) is 0 Å². The van der Waals surface area contributed by atoms with Crippen molar-refractivity contribution >= 4 is 35.0 Å². The molecule has 2 aromatic rings. The molecule has 1 saturated heterocycles. The van der Waals surface area contributed by atoms with Crippen molar-refractivity contribution in [2.24, 2.45) is 0 Å². The van der Waals surface area contributed by atoms with Gasteiger partial charge in [-0.05, 0) is 30.7 Å². The summed E-state index contributed by atoms with van der Waals surface area (Å²) >= 11 is 12.1. The molecule has 1 aromatic carbocycles. The molecule has 1 aliphatic rings. The van der Waals surface area contributed by atoms with Gasteiger partial charge in [-0.15, -0.1) is 5.10 Å². The summed E-state index contributed by atoms with van der Waals surface area (Å²) in [6, 6.07) is 5.54. The SMILES string of the molecule is CCN1CCN(c2cnnc(NCCc3ccc(Cl)cc3Cl)n2)CC1. The van der Waals surface area contributed by atoms with E-state index in [1.165, 1.54) is 0 Å². The fourth-order valence-corrected chi connectivity index (χ4v) is 3.35. The predicted octanol–water partition coefficient (Wildman–Crippen LogP) is 2.97. The zero-order valence-corrected chi connectivity index (χ0v) is 15.8. The second-order valence-electron chi connectivity index (χ2n) is 5.97. The second kappa shape index (κ2) is 8.65. The lowest BCUT2D eigenvalue weighted by atomic mass is 10.1. The van der Waals surface area contributed by atoms with Crippen molar-refractivity contribution in [3.8, 4) is 0 Å². The molecule has 0 aliphatic carbocycles. The Morgan fingerprint density at radius 1 is 1.16 bits per heavy atom. The van der Waals surface area contributed by atoms with E-state index in [9.17, 15) is 0 Å². The van der Waals surface area contributed by atoms with E-state index in [-0.39, 0.29) is 0 Å². The molecule has 0 unspecified atom stereocenters. The quantitative estimate of drug-likeness (QED) is 0.830. The first-order chi connectivity index (χ1) is 12.2. The van der Waals surface area contributed by atoms with Crippen LogP contribution in [-0.4, -0.2) is 59.3 Å². The Bertz CT molecular complexity index is 703. The number of likely N-dealkylation sites (N-methyl/N-ethyl adjacent to an activating group) is 1. The van der Waals surface area contributed by atoms with Crippen LogP contribution in [0.15, 0.2) is 24.4 Å². The van der Waals surface area contributed by atoms with E-state index >= 15 is 0 Å². The number of anilines is 2. The molecule has 0 spiro atoms. The molecule has 3 rings (SSSR count). The third kappa shape index (κ3) is 4.93. The van der Waals surface area contributed by atoms with Crippen LogP contribution in [0.4, 0.5) is 11.8 Å². The van der Waals surface area contributed by atoms with Crippen molar-refractivity contribution in [2.45, 2.75) is 13.3 Å². The molecule has 1 fully saturated rings. The van der Waals surface area contributed by atoms with Crippen LogP contribution in [0, 0.1) is 0 Å².